The molecule has 0 heterocycles. The van der Waals surface area contributed by atoms with E-state index in [-0.39, 0.29) is 5.91 Å². The number of azo groups is 1. The lowest BCUT2D eigenvalue weighted by atomic mass is 10.2. The molecule has 0 atom stereocenters. The van der Waals surface area contributed by atoms with Crippen molar-refractivity contribution in [1.82, 2.24) is 0 Å². The van der Waals surface area contributed by atoms with Crippen LogP contribution in [0.5, 0.6) is 0 Å². The van der Waals surface area contributed by atoms with Crippen LogP contribution >= 0.6 is 11.8 Å². The summed E-state index contributed by atoms with van der Waals surface area (Å²) in [6, 6.07) is 24.5. The van der Waals surface area contributed by atoms with Crippen molar-refractivity contribution in [1.29, 1.82) is 0 Å². The maximum Gasteiger partial charge on any atom is 0.255 e. The molecule has 0 saturated heterocycles. The van der Waals surface area contributed by atoms with Gasteiger partial charge in [0.25, 0.3) is 5.91 Å². The Morgan fingerprint density at radius 3 is 2.08 bits per heavy atom. The number of anilines is 1. The highest BCUT2D eigenvalue weighted by molar-refractivity contribution is 7.99. The number of hydrogen-bond donors (Lipinski definition) is 1. The molecular weight excluding hydrogens is 342 g/mol. The number of rotatable bonds is 6. The summed E-state index contributed by atoms with van der Waals surface area (Å²) >= 11 is 1.75. The molecule has 26 heavy (non-hydrogen) atoms. The van der Waals surface area contributed by atoms with Crippen molar-refractivity contribution in [2.75, 3.05) is 11.1 Å². The Hall–Kier alpha value is -2.92. The first-order chi connectivity index (χ1) is 12.7. The van der Waals surface area contributed by atoms with Gasteiger partial charge in [0.2, 0.25) is 0 Å². The number of hydrogen-bond acceptors (Lipinski definition) is 4. The molecule has 0 saturated carbocycles. The quantitative estimate of drug-likeness (QED) is 0.404. The minimum Gasteiger partial charge on any atom is -0.322 e. The zero-order chi connectivity index (χ0) is 18.2. The minimum absolute atomic E-state index is 0.128. The molecule has 5 heteroatoms. The summed E-state index contributed by atoms with van der Waals surface area (Å²) in [5.74, 6) is 0.885. The summed E-state index contributed by atoms with van der Waals surface area (Å²) in [6.45, 7) is 2.11. The van der Waals surface area contributed by atoms with E-state index in [0.29, 0.717) is 5.56 Å². The van der Waals surface area contributed by atoms with E-state index < -0.39 is 0 Å². The molecule has 0 unspecified atom stereocenters. The predicted molar refractivity (Wildman–Crippen MR) is 108 cm³/mol. The van der Waals surface area contributed by atoms with Gasteiger partial charge in [-0.15, -0.1) is 11.8 Å². The average Bonchev–Trinajstić information content (AvgIpc) is 2.69. The molecule has 1 amide bonds. The average molecular weight is 361 g/mol. The molecule has 0 aliphatic carbocycles. The number of amides is 1. The van der Waals surface area contributed by atoms with Crippen molar-refractivity contribution < 1.29 is 4.79 Å². The predicted octanol–water partition coefficient (Wildman–Crippen LogP) is 6.47. The maximum absolute atomic E-state index is 12.3. The highest BCUT2D eigenvalue weighted by atomic mass is 32.2. The third kappa shape index (κ3) is 5.04. The second kappa shape index (κ2) is 8.97. The molecular formula is C21H19N3OS. The number of nitrogens with one attached hydrogen (secondary N) is 1. The van der Waals surface area contributed by atoms with E-state index in [9.17, 15) is 4.79 Å². The minimum atomic E-state index is -0.128. The third-order valence-corrected chi connectivity index (χ3v) is 4.48. The number of carbonyl (C=O) groups excluding carboxylic acids is 1. The number of carbonyl (C=O) groups is 1. The van der Waals surface area contributed by atoms with Crippen molar-refractivity contribution in [3.05, 3.63) is 84.4 Å². The highest BCUT2D eigenvalue weighted by Crippen LogP contribution is 2.21. The van der Waals surface area contributed by atoms with Gasteiger partial charge in [-0.1, -0.05) is 25.1 Å². The Bertz CT molecular complexity index is 875. The topological polar surface area (TPSA) is 53.8 Å². The van der Waals surface area contributed by atoms with Gasteiger partial charge in [-0.05, 0) is 66.4 Å². The van der Waals surface area contributed by atoms with Crippen molar-refractivity contribution in [3.63, 3.8) is 0 Å². The van der Waals surface area contributed by atoms with E-state index in [4.69, 9.17) is 0 Å². The molecule has 0 spiro atoms. The lowest BCUT2D eigenvalue weighted by Crippen LogP contribution is -2.11. The molecule has 0 bridgehead atoms. The SMILES string of the molecule is CCSc1ccc(C(=O)Nc2ccc(N=Nc3ccccc3)cc2)cc1. The summed E-state index contributed by atoms with van der Waals surface area (Å²) < 4.78 is 0. The van der Waals surface area contributed by atoms with Crippen LogP contribution in [-0.2, 0) is 0 Å². The fourth-order valence-electron chi connectivity index (χ4n) is 2.29. The molecule has 3 aromatic carbocycles. The van der Waals surface area contributed by atoms with Gasteiger partial charge in [0.15, 0.2) is 0 Å². The van der Waals surface area contributed by atoms with E-state index in [0.717, 1.165) is 27.7 Å². The number of nitrogens with zero attached hydrogens (tertiary/aromatic N) is 2. The first-order valence-electron chi connectivity index (χ1n) is 8.35. The third-order valence-electron chi connectivity index (χ3n) is 3.59. The smallest absolute Gasteiger partial charge is 0.255 e. The molecule has 3 rings (SSSR count). The van der Waals surface area contributed by atoms with Gasteiger partial charge in [-0.3, -0.25) is 4.79 Å². The monoisotopic (exact) mass is 361 g/mol. The van der Waals surface area contributed by atoms with Gasteiger partial charge < -0.3 is 5.32 Å². The van der Waals surface area contributed by atoms with Crippen molar-refractivity contribution in [3.8, 4) is 0 Å². The molecule has 130 valence electrons. The number of thioether (sulfide) groups is 1. The zero-order valence-electron chi connectivity index (χ0n) is 14.4. The van der Waals surface area contributed by atoms with Crippen LogP contribution in [0.2, 0.25) is 0 Å². The Morgan fingerprint density at radius 2 is 1.46 bits per heavy atom. The largest absolute Gasteiger partial charge is 0.322 e. The summed E-state index contributed by atoms with van der Waals surface area (Å²) in [4.78, 5) is 13.5. The van der Waals surface area contributed by atoms with Crippen molar-refractivity contribution in [2.45, 2.75) is 11.8 Å². The van der Waals surface area contributed by atoms with Crippen LogP contribution in [0.25, 0.3) is 0 Å². The van der Waals surface area contributed by atoms with Crippen LogP contribution in [0.3, 0.4) is 0 Å². The van der Waals surface area contributed by atoms with E-state index in [1.807, 2.05) is 78.9 Å². The molecule has 0 aliphatic rings. The van der Waals surface area contributed by atoms with Crippen LogP contribution in [0, 0.1) is 0 Å². The molecule has 0 fully saturated rings. The first-order valence-corrected chi connectivity index (χ1v) is 9.34. The van der Waals surface area contributed by atoms with Crippen LogP contribution in [-0.4, -0.2) is 11.7 Å². The van der Waals surface area contributed by atoms with E-state index in [1.54, 1.807) is 11.8 Å². The molecule has 0 aliphatic heterocycles. The van der Waals surface area contributed by atoms with Crippen molar-refractivity contribution >= 4 is 34.7 Å². The van der Waals surface area contributed by atoms with Crippen molar-refractivity contribution in [2.24, 2.45) is 10.2 Å². The van der Waals surface area contributed by atoms with E-state index >= 15 is 0 Å². The van der Waals surface area contributed by atoms with Gasteiger partial charge in [0, 0.05) is 16.1 Å². The van der Waals surface area contributed by atoms with E-state index in [2.05, 4.69) is 22.5 Å². The Balaban J connectivity index is 1.61. The Morgan fingerprint density at radius 1 is 0.846 bits per heavy atom. The van der Waals surface area contributed by atoms with Crippen LogP contribution in [0.4, 0.5) is 17.1 Å². The summed E-state index contributed by atoms with van der Waals surface area (Å²) in [7, 11) is 0. The van der Waals surface area contributed by atoms with Gasteiger partial charge in [0.1, 0.15) is 0 Å². The Labute approximate surface area is 157 Å². The van der Waals surface area contributed by atoms with Gasteiger partial charge >= 0.3 is 0 Å². The van der Waals surface area contributed by atoms with Crippen LogP contribution in [0.15, 0.2) is 94.0 Å². The van der Waals surface area contributed by atoms with Crippen LogP contribution in [0.1, 0.15) is 17.3 Å². The van der Waals surface area contributed by atoms with Gasteiger partial charge in [-0.2, -0.15) is 10.2 Å². The maximum atomic E-state index is 12.3. The first kappa shape index (κ1) is 17.9. The summed E-state index contributed by atoms with van der Waals surface area (Å²) in [6.07, 6.45) is 0. The van der Waals surface area contributed by atoms with E-state index in [1.165, 1.54) is 0 Å². The van der Waals surface area contributed by atoms with Crippen LogP contribution < -0.4 is 5.32 Å². The fraction of sp³-hybridized carbons (Fsp3) is 0.0952. The molecule has 0 aromatic heterocycles. The standard InChI is InChI=1S/C21H19N3OS/c1-2-26-20-14-8-16(9-15-20)21(25)22-17-10-12-19(13-11-17)24-23-18-6-4-3-5-7-18/h3-15H,2H2,1H3,(H,22,25). The summed E-state index contributed by atoms with van der Waals surface area (Å²) in [5, 5.41) is 11.3. The van der Waals surface area contributed by atoms with Gasteiger partial charge in [-0.25, -0.2) is 0 Å². The zero-order valence-corrected chi connectivity index (χ0v) is 15.2. The lowest BCUT2D eigenvalue weighted by Gasteiger charge is -2.06. The Kier molecular flexibility index (Phi) is 6.17. The lowest BCUT2D eigenvalue weighted by molar-refractivity contribution is 0.102. The molecule has 0 radical (unpaired) electrons. The fourth-order valence-corrected chi connectivity index (χ4v) is 2.96. The molecule has 3 aromatic rings. The highest BCUT2D eigenvalue weighted by Gasteiger charge is 2.06. The molecule has 1 N–H and O–H groups in total. The van der Waals surface area contributed by atoms with Gasteiger partial charge in [0.05, 0.1) is 11.4 Å². The summed E-state index contributed by atoms with van der Waals surface area (Å²) in [5.41, 5.74) is 2.89. The normalized spacial score (nSPS) is 10.8. The molecule has 4 nitrogen and oxygen atoms in total. The number of benzene rings is 3. The second-order valence-corrected chi connectivity index (χ2v) is 6.83. The second-order valence-electron chi connectivity index (χ2n) is 5.49.